The molecule has 0 spiro atoms. The number of amides is 1. The molecule has 0 atom stereocenters. The maximum atomic E-state index is 11.6. The lowest BCUT2D eigenvalue weighted by atomic mass is 10.0. The molecule has 0 fully saturated rings. The number of nitrogens with one attached hydrogen (secondary N) is 1. The Balaban J connectivity index is 2.66. The molecule has 0 aliphatic heterocycles. The van der Waals surface area contributed by atoms with Crippen LogP contribution in [0.15, 0.2) is 24.3 Å². The van der Waals surface area contributed by atoms with Crippen molar-refractivity contribution in [3.8, 4) is 5.75 Å². The second-order valence-corrected chi connectivity index (χ2v) is 4.23. The van der Waals surface area contributed by atoms with E-state index in [0.29, 0.717) is 18.5 Å². The number of ketones is 1. The summed E-state index contributed by atoms with van der Waals surface area (Å²) in [6.07, 6.45) is 4.87. The Morgan fingerprint density at radius 2 is 2.11 bits per heavy atom. The molecule has 1 aromatic carbocycles. The first kappa shape index (κ1) is 15.0. The van der Waals surface area contributed by atoms with Gasteiger partial charge in [-0.05, 0) is 24.1 Å². The zero-order chi connectivity index (χ0) is 14.3. The van der Waals surface area contributed by atoms with E-state index in [1.54, 1.807) is 19.1 Å². The third-order valence-corrected chi connectivity index (χ3v) is 2.64. The second kappa shape index (κ2) is 7.36. The lowest BCUT2D eigenvalue weighted by Gasteiger charge is -2.03. The highest BCUT2D eigenvalue weighted by Crippen LogP contribution is 2.20. The normalized spacial score (nSPS) is 10.6. The Kier molecular flexibility index (Phi) is 5.79. The Labute approximate surface area is 113 Å². The van der Waals surface area contributed by atoms with Crippen LogP contribution in [0.25, 0.3) is 6.08 Å². The summed E-state index contributed by atoms with van der Waals surface area (Å²) in [5.41, 5.74) is 1.21. The molecule has 4 heteroatoms. The van der Waals surface area contributed by atoms with E-state index in [2.05, 4.69) is 5.32 Å². The molecule has 19 heavy (non-hydrogen) atoms. The molecule has 1 rings (SSSR count). The Hall–Kier alpha value is -2.10. The first-order chi connectivity index (χ1) is 9.04. The molecule has 1 amide bonds. The minimum Gasteiger partial charge on any atom is -0.507 e. The van der Waals surface area contributed by atoms with Gasteiger partial charge in [0.15, 0.2) is 5.78 Å². The summed E-state index contributed by atoms with van der Waals surface area (Å²) >= 11 is 0. The first-order valence-corrected chi connectivity index (χ1v) is 6.31. The molecule has 0 saturated heterocycles. The Morgan fingerprint density at radius 3 is 2.74 bits per heavy atom. The first-order valence-electron chi connectivity index (χ1n) is 6.31. The standard InChI is InChI=1S/C15H19NO3/c1-3-14(18)13-10-12(7-8-15(13)19)6-4-5-9-16-11(2)17/h4,6-8,10,19H,3,5,9H2,1-2H3,(H,16,17). The van der Waals surface area contributed by atoms with Gasteiger partial charge in [-0.3, -0.25) is 9.59 Å². The van der Waals surface area contributed by atoms with Crippen molar-refractivity contribution in [3.05, 3.63) is 35.4 Å². The van der Waals surface area contributed by atoms with E-state index in [0.717, 1.165) is 12.0 Å². The maximum Gasteiger partial charge on any atom is 0.216 e. The summed E-state index contributed by atoms with van der Waals surface area (Å²) < 4.78 is 0. The number of aromatic hydroxyl groups is 1. The van der Waals surface area contributed by atoms with Gasteiger partial charge in [0.05, 0.1) is 5.56 Å². The average Bonchev–Trinajstić information content (AvgIpc) is 2.39. The fraction of sp³-hybridized carbons (Fsp3) is 0.333. The van der Waals surface area contributed by atoms with Crippen LogP contribution in [-0.2, 0) is 4.79 Å². The Morgan fingerprint density at radius 1 is 1.37 bits per heavy atom. The number of hydrogen-bond donors (Lipinski definition) is 2. The largest absolute Gasteiger partial charge is 0.507 e. The van der Waals surface area contributed by atoms with Crippen molar-refractivity contribution < 1.29 is 14.7 Å². The van der Waals surface area contributed by atoms with E-state index in [-0.39, 0.29) is 17.4 Å². The quantitative estimate of drug-likeness (QED) is 0.611. The van der Waals surface area contributed by atoms with Crippen LogP contribution in [0.2, 0.25) is 0 Å². The fourth-order valence-electron chi connectivity index (χ4n) is 1.62. The van der Waals surface area contributed by atoms with E-state index in [1.807, 2.05) is 12.2 Å². The molecule has 0 heterocycles. The predicted molar refractivity (Wildman–Crippen MR) is 75.1 cm³/mol. The van der Waals surface area contributed by atoms with Crippen LogP contribution in [0, 0.1) is 0 Å². The van der Waals surface area contributed by atoms with Crippen LogP contribution in [0.1, 0.15) is 42.6 Å². The van der Waals surface area contributed by atoms with Crippen LogP contribution in [0.3, 0.4) is 0 Å². The van der Waals surface area contributed by atoms with Gasteiger partial charge in [-0.1, -0.05) is 25.1 Å². The van der Waals surface area contributed by atoms with Crippen molar-refractivity contribution >= 4 is 17.8 Å². The van der Waals surface area contributed by atoms with Gasteiger partial charge >= 0.3 is 0 Å². The number of rotatable bonds is 6. The molecular weight excluding hydrogens is 242 g/mol. The van der Waals surface area contributed by atoms with Gasteiger partial charge in [0, 0.05) is 19.9 Å². The predicted octanol–water partition coefficient (Wildman–Crippen LogP) is 2.52. The highest BCUT2D eigenvalue weighted by atomic mass is 16.3. The van der Waals surface area contributed by atoms with Crippen molar-refractivity contribution in [1.29, 1.82) is 0 Å². The van der Waals surface area contributed by atoms with Gasteiger partial charge in [-0.15, -0.1) is 0 Å². The zero-order valence-electron chi connectivity index (χ0n) is 11.3. The minimum absolute atomic E-state index is 0.0160. The lowest BCUT2D eigenvalue weighted by molar-refractivity contribution is -0.118. The molecule has 2 N–H and O–H groups in total. The van der Waals surface area contributed by atoms with E-state index in [9.17, 15) is 14.7 Å². The molecule has 4 nitrogen and oxygen atoms in total. The summed E-state index contributed by atoms with van der Waals surface area (Å²) in [4.78, 5) is 22.3. The molecule has 0 aliphatic rings. The summed E-state index contributed by atoms with van der Waals surface area (Å²) in [6.45, 7) is 3.83. The van der Waals surface area contributed by atoms with Crippen LogP contribution >= 0.6 is 0 Å². The molecule has 1 aromatic rings. The van der Waals surface area contributed by atoms with Crippen LogP contribution in [-0.4, -0.2) is 23.3 Å². The van der Waals surface area contributed by atoms with Gasteiger partial charge in [0.1, 0.15) is 5.75 Å². The minimum atomic E-state index is -0.0778. The molecule has 0 unspecified atom stereocenters. The van der Waals surface area contributed by atoms with Crippen LogP contribution < -0.4 is 5.32 Å². The molecule has 0 radical (unpaired) electrons. The summed E-state index contributed by atoms with van der Waals surface area (Å²) in [5.74, 6) is -0.109. The highest BCUT2D eigenvalue weighted by molar-refractivity contribution is 5.98. The summed E-state index contributed by atoms with van der Waals surface area (Å²) in [5, 5.41) is 12.3. The third kappa shape index (κ3) is 4.95. The average molecular weight is 261 g/mol. The van der Waals surface area contributed by atoms with Crippen LogP contribution in [0.4, 0.5) is 0 Å². The van der Waals surface area contributed by atoms with Crippen molar-refractivity contribution in [3.63, 3.8) is 0 Å². The monoisotopic (exact) mass is 261 g/mol. The van der Waals surface area contributed by atoms with Gasteiger partial charge in [-0.25, -0.2) is 0 Å². The highest BCUT2D eigenvalue weighted by Gasteiger charge is 2.08. The molecule has 0 aliphatic carbocycles. The van der Waals surface area contributed by atoms with Crippen LogP contribution in [0.5, 0.6) is 5.75 Å². The van der Waals surface area contributed by atoms with E-state index >= 15 is 0 Å². The van der Waals surface area contributed by atoms with Gasteiger partial charge in [-0.2, -0.15) is 0 Å². The molecular formula is C15H19NO3. The number of hydrogen-bond acceptors (Lipinski definition) is 3. The number of Topliss-reactive ketones (excluding diaryl/α,β-unsaturated/α-hetero) is 1. The third-order valence-electron chi connectivity index (χ3n) is 2.64. The number of benzene rings is 1. The number of phenols is 1. The molecule has 102 valence electrons. The van der Waals surface area contributed by atoms with Gasteiger partial charge in [0.25, 0.3) is 0 Å². The SMILES string of the molecule is CCC(=O)c1cc(C=CCCNC(C)=O)ccc1O. The molecule has 0 bridgehead atoms. The second-order valence-electron chi connectivity index (χ2n) is 4.23. The smallest absolute Gasteiger partial charge is 0.216 e. The Bertz CT molecular complexity index is 492. The topological polar surface area (TPSA) is 66.4 Å². The van der Waals surface area contributed by atoms with Crippen molar-refractivity contribution in [2.24, 2.45) is 0 Å². The van der Waals surface area contributed by atoms with Crippen molar-refractivity contribution in [2.75, 3.05) is 6.54 Å². The van der Waals surface area contributed by atoms with Crippen molar-refractivity contribution in [2.45, 2.75) is 26.7 Å². The lowest BCUT2D eigenvalue weighted by Crippen LogP contribution is -2.20. The van der Waals surface area contributed by atoms with Crippen molar-refractivity contribution in [1.82, 2.24) is 5.32 Å². The molecule has 0 saturated carbocycles. The number of phenolic OH excluding ortho intramolecular Hbond substituents is 1. The zero-order valence-corrected chi connectivity index (χ0v) is 11.3. The molecule has 0 aromatic heterocycles. The van der Waals surface area contributed by atoms with Gasteiger partial charge in [0.2, 0.25) is 5.91 Å². The van der Waals surface area contributed by atoms with E-state index in [4.69, 9.17) is 0 Å². The number of carbonyl (C=O) groups is 2. The number of carbonyl (C=O) groups excluding carboxylic acids is 2. The van der Waals surface area contributed by atoms with E-state index in [1.165, 1.54) is 13.0 Å². The van der Waals surface area contributed by atoms with E-state index < -0.39 is 0 Å². The maximum absolute atomic E-state index is 11.6. The summed E-state index contributed by atoms with van der Waals surface area (Å²) in [6, 6.07) is 4.95. The fourth-order valence-corrected chi connectivity index (χ4v) is 1.62. The summed E-state index contributed by atoms with van der Waals surface area (Å²) in [7, 11) is 0. The van der Waals surface area contributed by atoms with Gasteiger partial charge < -0.3 is 10.4 Å².